The van der Waals surface area contributed by atoms with Gasteiger partial charge in [-0.1, -0.05) is 73.4 Å². The van der Waals surface area contributed by atoms with Crippen molar-refractivity contribution in [3.8, 4) is 0 Å². The molecular formula is C48H46Cl4N8O6. The average molecular weight is 973 g/mol. The van der Waals surface area contributed by atoms with E-state index in [1.165, 1.54) is 38.1 Å². The Kier molecular flexibility index (Phi) is 18.6. The third-order valence-corrected chi connectivity index (χ3v) is 11.2. The van der Waals surface area contributed by atoms with E-state index in [2.05, 4.69) is 41.7 Å². The highest BCUT2D eigenvalue weighted by Gasteiger charge is 2.27. The van der Waals surface area contributed by atoms with E-state index >= 15 is 0 Å². The third kappa shape index (κ3) is 13.4. The van der Waals surface area contributed by atoms with Crippen LogP contribution in [-0.4, -0.2) is 59.0 Å². The summed E-state index contributed by atoms with van der Waals surface area (Å²) < 4.78 is 0. The van der Waals surface area contributed by atoms with Gasteiger partial charge in [-0.2, -0.15) is 20.5 Å². The molecule has 0 saturated carbocycles. The molecule has 0 aromatic heterocycles. The Morgan fingerprint density at radius 1 is 0.530 bits per heavy atom. The number of hydrogen-bond donors (Lipinski definition) is 4. The highest BCUT2D eigenvalue weighted by atomic mass is 35.5. The number of ketones is 2. The molecule has 0 aliphatic heterocycles. The van der Waals surface area contributed by atoms with Gasteiger partial charge in [0, 0.05) is 34.5 Å². The first-order chi connectivity index (χ1) is 31.7. The fourth-order valence-electron chi connectivity index (χ4n) is 6.51. The maximum Gasteiger partial charge on any atom is 0.258 e. The number of rotatable bonds is 20. The van der Waals surface area contributed by atoms with Gasteiger partial charge >= 0.3 is 0 Å². The van der Waals surface area contributed by atoms with Crippen molar-refractivity contribution in [2.75, 3.05) is 33.0 Å². The van der Waals surface area contributed by atoms with Crippen LogP contribution in [0, 0.1) is 0 Å². The van der Waals surface area contributed by atoms with Crippen LogP contribution in [0.4, 0.5) is 34.1 Å². The van der Waals surface area contributed by atoms with Gasteiger partial charge in [0.15, 0.2) is 11.6 Å². The quantitative estimate of drug-likeness (QED) is 0.0340. The second-order valence-electron chi connectivity index (χ2n) is 14.8. The van der Waals surface area contributed by atoms with Gasteiger partial charge in [0.05, 0.1) is 21.2 Å². The van der Waals surface area contributed by atoms with Crippen molar-refractivity contribution < 1.29 is 28.8 Å². The minimum atomic E-state index is -1.58. The highest BCUT2D eigenvalue weighted by Crippen LogP contribution is 2.33. The number of hydrogen-bond acceptors (Lipinski definition) is 10. The number of halogens is 4. The van der Waals surface area contributed by atoms with Crippen molar-refractivity contribution in [3.63, 3.8) is 0 Å². The molecule has 5 aromatic carbocycles. The molecule has 0 bridgehead atoms. The summed E-state index contributed by atoms with van der Waals surface area (Å²) in [5.74, 6) is -2.84. The number of azo groups is 2. The number of nitrogens with zero attached hydrogens (tertiary/aromatic N) is 4. The van der Waals surface area contributed by atoms with E-state index in [1.807, 2.05) is 38.1 Å². The van der Waals surface area contributed by atoms with E-state index in [0.717, 1.165) is 11.1 Å². The molecule has 5 aromatic rings. The van der Waals surface area contributed by atoms with Gasteiger partial charge in [-0.25, -0.2) is 0 Å². The van der Waals surface area contributed by atoms with E-state index in [-0.39, 0.29) is 32.5 Å². The first-order valence-electron chi connectivity index (χ1n) is 20.8. The molecule has 4 N–H and O–H groups in total. The Bertz CT molecular complexity index is 2650. The van der Waals surface area contributed by atoms with Gasteiger partial charge in [-0.15, -0.1) is 23.2 Å². The number of carbonyl (C=O) groups is 6. The van der Waals surface area contributed by atoms with Gasteiger partial charge in [-0.3, -0.25) is 28.8 Å². The van der Waals surface area contributed by atoms with Crippen LogP contribution in [0.25, 0.3) is 0 Å². The molecule has 14 nitrogen and oxygen atoms in total. The first-order valence-corrected chi connectivity index (χ1v) is 22.6. The van der Waals surface area contributed by atoms with Crippen LogP contribution < -0.4 is 21.3 Å². The van der Waals surface area contributed by atoms with Crippen molar-refractivity contribution in [3.05, 3.63) is 140 Å². The van der Waals surface area contributed by atoms with E-state index in [9.17, 15) is 28.8 Å². The summed E-state index contributed by atoms with van der Waals surface area (Å²) >= 11 is 24.8. The Labute approximate surface area is 402 Å². The summed E-state index contributed by atoms with van der Waals surface area (Å²) in [5, 5.41) is 27.3. The zero-order valence-electron chi connectivity index (χ0n) is 36.4. The zero-order valence-corrected chi connectivity index (χ0v) is 39.4. The lowest BCUT2D eigenvalue weighted by Gasteiger charge is -2.19. The molecule has 0 radical (unpaired) electrons. The fourth-order valence-corrected chi connectivity index (χ4v) is 7.44. The second kappa shape index (κ2) is 24.3. The van der Waals surface area contributed by atoms with E-state index in [4.69, 9.17) is 46.4 Å². The van der Waals surface area contributed by atoms with Crippen LogP contribution in [0.3, 0.4) is 0 Å². The van der Waals surface area contributed by atoms with Crippen LogP contribution in [0.2, 0.25) is 10.0 Å². The van der Waals surface area contributed by atoms with Gasteiger partial charge < -0.3 is 21.3 Å². The van der Waals surface area contributed by atoms with Gasteiger partial charge in [0.2, 0.25) is 12.1 Å². The summed E-state index contributed by atoms with van der Waals surface area (Å²) in [6.45, 7) is 6.06. The van der Waals surface area contributed by atoms with Crippen LogP contribution in [0.5, 0.6) is 0 Å². The predicted octanol–water partition coefficient (Wildman–Crippen LogP) is 11.5. The summed E-state index contributed by atoms with van der Waals surface area (Å²) in [6.07, 6.45) is 2.15. The fraction of sp³-hybridized carbons (Fsp3) is 0.250. The molecule has 0 heterocycles. The molecule has 2 unspecified atom stereocenters. The van der Waals surface area contributed by atoms with Crippen LogP contribution in [-0.2, 0) is 44.9 Å². The number of alkyl halides is 2. The monoisotopic (exact) mass is 970 g/mol. The standard InChI is InChI=1S/C48H46Cl4N8O6/c1-5-31-25-35(55-47(65)42(27(3)61)59-57-38-11-7-9-36(40(38)51)45(63)53-33-17-13-29(14-18-33)21-23-49)26-32(6-2)44(31)56-48(66)43(28(4)62)60-58-39-12-8-10-37(41(39)52)46(64)54-34-19-15-30(16-20-34)22-24-50/h7-20,25-26,42-43H,5-6,21-24H2,1-4H3,(H,53,63)(H,54,64)(H,55,65)(H,56,66). The van der Waals surface area contributed by atoms with E-state index in [0.29, 0.717) is 71.3 Å². The molecule has 0 spiro atoms. The zero-order chi connectivity index (χ0) is 47.9. The van der Waals surface area contributed by atoms with Crippen LogP contribution >= 0.6 is 46.4 Å². The molecule has 66 heavy (non-hydrogen) atoms. The molecule has 4 amide bonds. The van der Waals surface area contributed by atoms with Gasteiger partial charge in [-0.05, 0) is 122 Å². The Morgan fingerprint density at radius 2 is 0.924 bits per heavy atom. The Hall–Kier alpha value is -6.32. The average Bonchev–Trinajstić information content (AvgIpc) is 3.29. The van der Waals surface area contributed by atoms with Crippen molar-refractivity contribution in [1.29, 1.82) is 0 Å². The lowest BCUT2D eigenvalue weighted by atomic mass is 10.0. The number of Topliss-reactive ketones (excluding diaryl/α,β-unsaturated/α-hetero) is 2. The third-order valence-electron chi connectivity index (χ3n) is 10.0. The summed E-state index contributed by atoms with van der Waals surface area (Å²) in [5.41, 5.74) is 5.36. The number of aryl methyl sites for hydroxylation is 4. The molecule has 0 saturated heterocycles. The van der Waals surface area contributed by atoms with Crippen LogP contribution in [0.1, 0.15) is 70.7 Å². The molecule has 2 atom stereocenters. The smallest absolute Gasteiger partial charge is 0.258 e. The Morgan fingerprint density at radius 3 is 1.29 bits per heavy atom. The second-order valence-corrected chi connectivity index (χ2v) is 16.3. The molecule has 342 valence electrons. The van der Waals surface area contributed by atoms with E-state index in [1.54, 1.807) is 48.5 Å². The SMILES string of the molecule is CCc1cc(NC(=O)C(N=Nc2cccc(C(=O)Nc3ccc(CCCl)cc3)c2Cl)C(C)=O)cc(CC)c1NC(=O)C(N=Nc1cccc(C(=O)Nc2ccc(CCCl)cc2)c1Cl)C(C)=O. The largest absolute Gasteiger partial charge is 0.324 e. The number of anilines is 4. The number of carbonyl (C=O) groups excluding carboxylic acids is 6. The maximum absolute atomic E-state index is 13.7. The molecule has 0 fully saturated rings. The van der Waals surface area contributed by atoms with Crippen molar-refractivity contribution >= 4 is 116 Å². The maximum atomic E-state index is 13.7. The normalized spacial score (nSPS) is 12.1. The van der Waals surface area contributed by atoms with Crippen molar-refractivity contribution in [1.82, 2.24) is 0 Å². The number of amides is 4. The van der Waals surface area contributed by atoms with Gasteiger partial charge in [0.25, 0.3) is 23.6 Å². The highest BCUT2D eigenvalue weighted by molar-refractivity contribution is 6.37. The summed E-state index contributed by atoms with van der Waals surface area (Å²) in [4.78, 5) is 79.0. The molecule has 18 heteroatoms. The van der Waals surface area contributed by atoms with Crippen molar-refractivity contribution in [2.24, 2.45) is 20.5 Å². The topological polar surface area (TPSA) is 200 Å². The van der Waals surface area contributed by atoms with E-state index < -0.39 is 47.3 Å². The predicted molar refractivity (Wildman–Crippen MR) is 261 cm³/mol. The lowest BCUT2D eigenvalue weighted by Crippen LogP contribution is -2.33. The minimum Gasteiger partial charge on any atom is -0.324 e. The molecular weight excluding hydrogens is 926 g/mol. The lowest BCUT2D eigenvalue weighted by molar-refractivity contribution is -0.127. The summed E-state index contributed by atoms with van der Waals surface area (Å²) in [6, 6.07) is 23.6. The number of nitrogens with one attached hydrogen (secondary N) is 4. The first kappa shape index (κ1) is 50.7. The van der Waals surface area contributed by atoms with Crippen LogP contribution in [0.15, 0.2) is 118 Å². The Balaban J connectivity index is 1.29. The van der Waals surface area contributed by atoms with Gasteiger partial charge in [0.1, 0.15) is 11.4 Å². The van der Waals surface area contributed by atoms with Crippen molar-refractivity contribution in [2.45, 2.75) is 65.5 Å². The summed E-state index contributed by atoms with van der Waals surface area (Å²) in [7, 11) is 0. The molecule has 0 aliphatic rings. The minimum absolute atomic E-state index is 0.0350. The molecule has 5 rings (SSSR count). The number of benzene rings is 5. The molecule has 0 aliphatic carbocycles.